The molecule has 2 aliphatic rings. The largest absolute Gasteiger partial charge is 0.331 e. The zero-order valence-corrected chi connectivity index (χ0v) is 18.5. The topological polar surface area (TPSA) is 80.1 Å². The summed E-state index contributed by atoms with van der Waals surface area (Å²) in [5.41, 5.74) is 0.762. The number of amides is 2. The Balaban J connectivity index is 1.44. The van der Waals surface area contributed by atoms with Gasteiger partial charge in [0.05, 0.1) is 11.3 Å². The highest BCUT2D eigenvalue weighted by molar-refractivity contribution is 8.00. The lowest BCUT2D eigenvalue weighted by molar-refractivity contribution is -0.131. The van der Waals surface area contributed by atoms with Gasteiger partial charge in [-0.05, 0) is 56.9 Å². The quantitative estimate of drug-likeness (QED) is 0.734. The third kappa shape index (κ3) is 4.53. The fraction of sp³-hybridized carbons (Fsp3) is 0.545. The molecule has 4 rings (SSSR count). The van der Waals surface area contributed by atoms with Gasteiger partial charge < -0.3 is 14.8 Å². The lowest BCUT2D eigenvalue weighted by Gasteiger charge is -2.27. The van der Waals surface area contributed by atoms with Crippen LogP contribution in [-0.2, 0) is 22.6 Å². The van der Waals surface area contributed by atoms with Gasteiger partial charge in [0.25, 0.3) is 0 Å². The normalized spacial score (nSPS) is 19.8. The Kier molecular flexibility index (Phi) is 6.41. The number of thioether (sulfide) groups is 1. The van der Waals surface area contributed by atoms with E-state index in [1.165, 1.54) is 19.8 Å². The molecule has 1 N–H and O–H groups in total. The molecule has 0 saturated carbocycles. The average molecular weight is 428 g/mol. The van der Waals surface area contributed by atoms with Gasteiger partial charge in [0, 0.05) is 37.0 Å². The molecule has 2 atom stereocenters. The number of aromatic nitrogens is 3. The first kappa shape index (κ1) is 20.9. The molecule has 7 nitrogen and oxygen atoms in total. The van der Waals surface area contributed by atoms with Crippen LogP contribution in [0.15, 0.2) is 29.2 Å². The van der Waals surface area contributed by atoms with Gasteiger partial charge in [0.2, 0.25) is 11.8 Å². The lowest BCUT2D eigenvalue weighted by Crippen LogP contribution is -2.37. The van der Waals surface area contributed by atoms with Crippen molar-refractivity contribution in [3.05, 3.63) is 35.9 Å². The SMILES string of the molecule is CC(=O)Nc1ccc(SC(C)C(=O)N2CCCC2c2nnc3n2CCCCC3)cc1. The Labute approximate surface area is 181 Å². The van der Waals surface area contributed by atoms with Crippen LogP contribution in [0.2, 0.25) is 0 Å². The zero-order valence-electron chi connectivity index (χ0n) is 17.6. The van der Waals surface area contributed by atoms with Gasteiger partial charge in [-0.3, -0.25) is 9.59 Å². The van der Waals surface area contributed by atoms with Gasteiger partial charge in [0.1, 0.15) is 5.82 Å². The summed E-state index contributed by atoms with van der Waals surface area (Å²) < 4.78 is 2.27. The highest BCUT2D eigenvalue weighted by Crippen LogP contribution is 2.35. The van der Waals surface area contributed by atoms with E-state index in [1.54, 1.807) is 11.8 Å². The number of anilines is 1. The van der Waals surface area contributed by atoms with E-state index in [1.807, 2.05) is 36.1 Å². The van der Waals surface area contributed by atoms with Crippen LogP contribution >= 0.6 is 11.8 Å². The summed E-state index contributed by atoms with van der Waals surface area (Å²) in [5.74, 6) is 2.10. The molecule has 160 valence electrons. The number of hydrogen-bond acceptors (Lipinski definition) is 5. The second kappa shape index (κ2) is 9.20. The van der Waals surface area contributed by atoms with Crippen molar-refractivity contribution in [3.8, 4) is 0 Å². The van der Waals surface area contributed by atoms with Crippen LogP contribution in [0.4, 0.5) is 5.69 Å². The summed E-state index contributed by atoms with van der Waals surface area (Å²) >= 11 is 1.55. The van der Waals surface area contributed by atoms with Crippen molar-refractivity contribution < 1.29 is 9.59 Å². The van der Waals surface area contributed by atoms with Crippen molar-refractivity contribution in [2.45, 2.75) is 75.1 Å². The second-order valence-corrected chi connectivity index (χ2v) is 9.51. The number of aryl methyl sites for hydroxylation is 1. The smallest absolute Gasteiger partial charge is 0.236 e. The molecule has 2 aromatic rings. The standard InChI is InChI=1S/C22H29N5O2S/c1-15(30-18-11-9-17(10-12-18)23-16(2)28)22(29)26-14-6-7-19(26)21-25-24-20-8-4-3-5-13-27(20)21/h9-12,15,19H,3-8,13-14H2,1-2H3,(H,23,28). The van der Waals surface area contributed by atoms with Gasteiger partial charge in [-0.1, -0.05) is 6.42 Å². The summed E-state index contributed by atoms with van der Waals surface area (Å²) in [6.07, 6.45) is 6.48. The van der Waals surface area contributed by atoms with E-state index in [-0.39, 0.29) is 23.1 Å². The van der Waals surface area contributed by atoms with Crippen LogP contribution in [0.3, 0.4) is 0 Å². The molecule has 1 saturated heterocycles. The van der Waals surface area contributed by atoms with Crippen molar-refractivity contribution in [1.82, 2.24) is 19.7 Å². The van der Waals surface area contributed by atoms with Gasteiger partial charge in [0.15, 0.2) is 5.82 Å². The summed E-state index contributed by atoms with van der Waals surface area (Å²) in [5, 5.41) is 11.5. The molecule has 1 aromatic carbocycles. The number of nitrogens with one attached hydrogen (secondary N) is 1. The Morgan fingerprint density at radius 3 is 2.67 bits per heavy atom. The van der Waals surface area contributed by atoms with Crippen LogP contribution < -0.4 is 5.32 Å². The van der Waals surface area contributed by atoms with E-state index in [2.05, 4.69) is 20.1 Å². The molecule has 0 radical (unpaired) electrons. The van der Waals surface area contributed by atoms with Gasteiger partial charge in [-0.25, -0.2) is 0 Å². The minimum atomic E-state index is -0.191. The number of hydrogen-bond donors (Lipinski definition) is 1. The van der Waals surface area contributed by atoms with Crippen LogP contribution in [0.5, 0.6) is 0 Å². The highest BCUT2D eigenvalue weighted by Gasteiger charge is 2.36. The fourth-order valence-corrected chi connectivity index (χ4v) is 5.30. The molecule has 0 bridgehead atoms. The van der Waals surface area contributed by atoms with Crippen LogP contribution in [0.25, 0.3) is 0 Å². The number of nitrogens with zero attached hydrogens (tertiary/aromatic N) is 4. The van der Waals surface area contributed by atoms with Gasteiger partial charge in [-0.15, -0.1) is 22.0 Å². The third-order valence-electron chi connectivity index (χ3n) is 5.81. The van der Waals surface area contributed by atoms with E-state index in [0.717, 1.165) is 61.0 Å². The van der Waals surface area contributed by atoms with Crippen molar-refractivity contribution >= 4 is 29.3 Å². The van der Waals surface area contributed by atoms with Crippen molar-refractivity contribution in [1.29, 1.82) is 0 Å². The van der Waals surface area contributed by atoms with E-state index in [0.29, 0.717) is 0 Å². The first-order chi connectivity index (χ1) is 14.5. The van der Waals surface area contributed by atoms with Crippen LogP contribution in [-0.4, -0.2) is 43.3 Å². The van der Waals surface area contributed by atoms with Crippen LogP contribution in [0, 0.1) is 0 Å². The second-order valence-electron chi connectivity index (χ2n) is 8.09. The summed E-state index contributed by atoms with van der Waals surface area (Å²) in [6, 6.07) is 7.65. The first-order valence-corrected chi connectivity index (χ1v) is 11.7. The minimum Gasteiger partial charge on any atom is -0.331 e. The molecule has 0 aliphatic carbocycles. The number of rotatable bonds is 5. The molecular formula is C22H29N5O2S. The Hall–Kier alpha value is -2.35. The third-order valence-corrected chi connectivity index (χ3v) is 6.91. The molecule has 3 heterocycles. The molecule has 30 heavy (non-hydrogen) atoms. The zero-order chi connectivity index (χ0) is 21.1. The predicted molar refractivity (Wildman–Crippen MR) is 117 cm³/mol. The maximum Gasteiger partial charge on any atom is 0.236 e. The number of likely N-dealkylation sites (tertiary alicyclic amines) is 1. The number of carbonyl (C=O) groups excluding carboxylic acids is 2. The minimum absolute atomic E-state index is 0.0297. The molecular weight excluding hydrogens is 398 g/mol. The Morgan fingerprint density at radius 2 is 1.90 bits per heavy atom. The Bertz CT molecular complexity index is 911. The monoisotopic (exact) mass is 427 g/mol. The summed E-state index contributed by atoms with van der Waals surface area (Å²) in [7, 11) is 0. The number of fused-ring (bicyclic) bond motifs is 1. The molecule has 2 aliphatic heterocycles. The fourth-order valence-electron chi connectivity index (χ4n) is 4.36. The average Bonchev–Trinajstić information content (AvgIpc) is 3.29. The summed E-state index contributed by atoms with van der Waals surface area (Å²) in [4.78, 5) is 27.5. The van der Waals surface area contributed by atoms with Gasteiger partial charge >= 0.3 is 0 Å². The van der Waals surface area contributed by atoms with Crippen LogP contribution in [0.1, 0.15) is 63.6 Å². The molecule has 2 unspecified atom stereocenters. The van der Waals surface area contributed by atoms with Crippen molar-refractivity contribution in [3.63, 3.8) is 0 Å². The van der Waals surface area contributed by atoms with E-state index < -0.39 is 0 Å². The maximum absolute atomic E-state index is 13.3. The first-order valence-electron chi connectivity index (χ1n) is 10.8. The Morgan fingerprint density at radius 1 is 1.10 bits per heavy atom. The molecule has 1 aromatic heterocycles. The predicted octanol–water partition coefficient (Wildman–Crippen LogP) is 3.81. The number of benzene rings is 1. The highest BCUT2D eigenvalue weighted by atomic mass is 32.2. The summed E-state index contributed by atoms with van der Waals surface area (Å²) in [6.45, 7) is 5.19. The van der Waals surface area contributed by atoms with Crippen molar-refractivity contribution in [2.75, 3.05) is 11.9 Å². The number of carbonyl (C=O) groups is 2. The molecule has 1 fully saturated rings. The van der Waals surface area contributed by atoms with E-state index in [4.69, 9.17) is 0 Å². The van der Waals surface area contributed by atoms with E-state index in [9.17, 15) is 9.59 Å². The lowest BCUT2D eigenvalue weighted by atomic mass is 10.2. The molecule has 0 spiro atoms. The molecule has 8 heteroatoms. The molecule has 2 amide bonds. The maximum atomic E-state index is 13.3. The van der Waals surface area contributed by atoms with Crippen molar-refractivity contribution in [2.24, 2.45) is 0 Å². The van der Waals surface area contributed by atoms with E-state index >= 15 is 0 Å². The van der Waals surface area contributed by atoms with Gasteiger partial charge in [-0.2, -0.15) is 0 Å².